The lowest BCUT2D eigenvalue weighted by Gasteiger charge is -2.36. The fraction of sp³-hybridized carbons (Fsp3) is 0.750. The fourth-order valence-corrected chi connectivity index (χ4v) is 2.55. The Bertz CT molecular complexity index is 296. The Morgan fingerprint density at radius 2 is 2.25 bits per heavy atom. The summed E-state index contributed by atoms with van der Waals surface area (Å²) in [5, 5.41) is 4.21. The molecule has 1 aromatic heterocycles. The molecular weight excluding hydrogens is 200 g/mol. The van der Waals surface area contributed by atoms with Gasteiger partial charge in [0, 0.05) is 31.0 Å². The first kappa shape index (κ1) is 11.6. The second kappa shape index (κ2) is 5.46. The lowest BCUT2D eigenvalue weighted by atomic mass is 9.90. The minimum absolute atomic E-state index is 0.358. The smallest absolute Gasteiger partial charge is 0.0536 e. The summed E-state index contributed by atoms with van der Waals surface area (Å²) in [5.41, 5.74) is 6.16. The van der Waals surface area contributed by atoms with Gasteiger partial charge in [-0.05, 0) is 26.0 Å². The van der Waals surface area contributed by atoms with Crippen LogP contribution in [0, 0.1) is 0 Å². The molecule has 90 valence electrons. The number of nitrogens with zero attached hydrogens (tertiary/aromatic N) is 3. The second-order valence-corrected chi connectivity index (χ2v) is 4.77. The number of hydrogen-bond acceptors (Lipinski definition) is 3. The predicted octanol–water partition coefficient (Wildman–Crippen LogP) is 1.08. The number of aromatic nitrogens is 2. The van der Waals surface area contributed by atoms with E-state index in [1.807, 2.05) is 23.1 Å². The van der Waals surface area contributed by atoms with Crippen LogP contribution in [0.2, 0.25) is 0 Å². The van der Waals surface area contributed by atoms with Gasteiger partial charge in [0.2, 0.25) is 0 Å². The molecule has 1 aromatic rings. The highest BCUT2D eigenvalue weighted by molar-refractivity contribution is 4.85. The molecule has 2 unspecified atom stereocenters. The van der Waals surface area contributed by atoms with E-state index in [1.165, 1.54) is 25.7 Å². The quantitative estimate of drug-likeness (QED) is 0.829. The summed E-state index contributed by atoms with van der Waals surface area (Å²) in [7, 11) is 2.18. The maximum Gasteiger partial charge on any atom is 0.0536 e. The van der Waals surface area contributed by atoms with Gasteiger partial charge in [-0.3, -0.25) is 4.68 Å². The van der Waals surface area contributed by atoms with Crippen LogP contribution in [0.5, 0.6) is 0 Å². The van der Waals surface area contributed by atoms with Gasteiger partial charge in [-0.2, -0.15) is 5.10 Å². The Hall–Kier alpha value is -0.870. The Balaban J connectivity index is 1.80. The Labute approximate surface area is 97.4 Å². The molecule has 0 radical (unpaired) electrons. The molecule has 1 aliphatic rings. The van der Waals surface area contributed by atoms with Crippen molar-refractivity contribution in [2.75, 3.05) is 13.6 Å². The molecule has 0 aromatic carbocycles. The summed E-state index contributed by atoms with van der Waals surface area (Å²) in [6.45, 7) is 1.98. The van der Waals surface area contributed by atoms with Crippen molar-refractivity contribution >= 4 is 0 Å². The van der Waals surface area contributed by atoms with E-state index in [1.54, 1.807) is 0 Å². The molecule has 2 rings (SSSR count). The van der Waals surface area contributed by atoms with E-state index in [9.17, 15) is 0 Å². The first-order valence-corrected chi connectivity index (χ1v) is 6.20. The second-order valence-electron chi connectivity index (χ2n) is 4.77. The normalized spacial score (nSPS) is 26.2. The predicted molar refractivity (Wildman–Crippen MR) is 65.1 cm³/mol. The SMILES string of the molecule is CN(CCn1cccn1)C1CCCCC1N. The van der Waals surface area contributed by atoms with Crippen molar-refractivity contribution < 1.29 is 0 Å². The molecule has 0 aliphatic heterocycles. The van der Waals surface area contributed by atoms with E-state index in [2.05, 4.69) is 17.0 Å². The summed E-state index contributed by atoms with van der Waals surface area (Å²) in [4.78, 5) is 2.39. The lowest BCUT2D eigenvalue weighted by molar-refractivity contribution is 0.162. The van der Waals surface area contributed by atoms with Crippen molar-refractivity contribution in [3.63, 3.8) is 0 Å². The molecule has 0 saturated heterocycles. The van der Waals surface area contributed by atoms with Gasteiger partial charge in [-0.25, -0.2) is 0 Å². The molecule has 4 heteroatoms. The number of hydrogen-bond donors (Lipinski definition) is 1. The molecule has 2 atom stereocenters. The van der Waals surface area contributed by atoms with Crippen LogP contribution in [0.4, 0.5) is 0 Å². The van der Waals surface area contributed by atoms with E-state index in [4.69, 9.17) is 5.73 Å². The van der Waals surface area contributed by atoms with E-state index < -0.39 is 0 Å². The van der Waals surface area contributed by atoms with Gasteiger partial charge >= 0.3 is 0 Å². The summed E-state index contributed by atoms with van der Waals surface area (Å²) >= 11 is 0. The summed E-state index contributed by atoms with van der Waals surface area (Å²) < 4.78 is 1.98. The molecule has 0 bridgehead atoms. The average molecular weight is 222 g/mol. The zero-order valence-electron chi connectivity index (χ0n) is 10.0. The number of rotatable bonds is 4. The molecule has 1 heterocycles. The molecule has 2 N–H and O–H groups in total. The lowest BCUT2D eigenvalue weighted by Crippen LogP contribution is -2.48. The molecule has 0 amide bonds. The zero-order valence-corrected chi connectivity index (χ0v) is 10.0. The van der Waals surface area contributed by atoms with Crippen molar-refractivity contribution in [3.8, 4) is 0 Å². The van der Waals surface area contributed by atoms with E-state index in [0.717, 1.165) is 13.1 Å². The van der Waals surface area contributed by atoms with Crippen LogP contribution in [0.15, 0.2) is 18.5 Å². The minimum atomic E-state index is 0.358. The molecule has 1 fully saturated rings. The van der Waals surface area contributed by atoms with Gasteiger partial charge in [-0.1, -0.05) is 12.8 Å². The molecule has 1 aliphatic carbocycles. The average Bonchev–Trinajstić information content (AvgIpc) is 2.79. The van der Waals surface area contributed by atoms with Crippen molar-refractivity contribution in [2.24, 2.45) is 5.73 Å². The van der Waals surface area contributed by atoms with Crippen molar-refractivity contribution in [1.29, 1.82) is 0 Å². The van der Waals surface area contributed by atoms with Gasteiger partial charge < -0.3 is 10.6 Å². The Kier molecular flexibility index (Phi) is 3.96. The van der Waals surface area contributed by atoms with Gasteiger partial charge in [-0.15, -0.1) is 0 Å². The largest absolute Gasteiger partial charge is 0.326 e. The van der Waals surface area contributed by atoms with E-state index >= 15 is 0 Å². The third-order valence-corrected chi connectivity index (χ3v) is 3.59. The van der Waals surface area contributed by atoms with Crippen molar-refractivity contribution in [2.45, 2.75) is 44.3 Å². The molecule has 1 saturated carbocycles. The fourth-order valence-electron chi connectivity index (χ4n) is 2.55. The standard InChI is InChI=1S/C12H22N4/c1-15(9-10-16-8-4-7-14-16)12-6-3-2-5-11(12)13/h4,7-8,11-12H,2-3,5-6,9-10,13H2,1H3. The van der Waals surface area contributed by atoms with Crippen molar-refractivity contribution in [3.05, 3.63) is 18.5 Å². The van der Waals surface area contributed by atoms with Crippen LogP contribution < -0.4 is 5.73 Å². The molecule has 4 nitrogen and oxygen atoms in total. The monoisotopic (exact) mass is 222 g/mol. The summed E-state index contributed by atoms with van der Waals surface area (Å²) in [5.74, 6) is 0. The summed E-state index contributed by atoms with van der Waals surface area (Å²) in [6, 6.07) is 2.88. The topological polar surface area (TPSA) is 47.1 Å². The highest BCUT2D eigenvalue weighted by atomic mass is 15.3. The van der Waals surface area contributed by atoms with Gasteiger partial charge in [0.05, 0.1) is 6.54 Å². The first-order valence-electron chi connectivity index (χ1n) is 6.20. The maximum atomic E-state index is 6.16. The van der Waals surface area contributed by atoms with Gasteiger partial charge in [0.1, 0.15) is 0 Å². The van der Waals surface area contributed by atoms with Crippen LogP contribution >= 0.6 is 0 Å². The highest BCUT2D eigenvalue weighted by Crippen LogP contribution is 2.20. The molecule has 16 heavy (non-hydrogen) atoms. The number of nitrogens with two attached hydrogens (primary N) is 1. The van der Waals surface area contributed by atoms with E-state index in [-0.39, 0.29) is 0 Å². The highest BCUT2D eigenvalue weighted by Gasteiger charge is 2.24. The number of likely N-dealkylation sites (N-methyl/N-ethyl adjacent to an activating group) is 1. The minimum Gasteiger partial charge on any atom is -0.326 e. The van der Waals surface area contributed by atoms with Crippen LogP contribution in [0.1, 0.15) is 25.7 Å². The Morgan fingerprint density at radius 3 is 2.94 bits per heavy atom. The van der Waals surface area contributed by atoms with Crippen molar-refractivity contribution in [1.82, 2.24) is 14.7 Å². The Morgan fingerprint density at radius 1 is 1.44 bits per heavy atom. The van der Waals surface area contributed by atoms with Gasteiger partial charge in [0.15, 0.2) is 0 Å². The zero-order chi connectivity index (χ0) is 11.4. The van der Waals surface area contributed by atoms with Crippen LogP contribution in [-0.2, 0) is 6.54 Å². The van der Waals surface area contributed by atoms with Crippen LogP contribution in [-0.4, -0.2) is 40.4 Å². The van der Waals surface area contributed by atoms with Crippen LogP contribution in [0.3, 0.4) is 0 Å². The van der Waals surface area contributed by atoms with Crippen LogP contribution in [0.25, 0.3) is 0 Å². The summed E-state index contributed by atoms with van der Waals surface area (Å²) in [6.07, 6.45) is 8.88. The van der Waals surface area contributed by atoms with Gasteiger partial charge in [0.25, 0.3) is 0 Å². The molecule has 0 spiro atoms. The maximum absolute atomic E-state index is 6.16. The third-order valence-electron chi connectivity index (χ3n) is 3.59. The van der Waals surface area contributed by atoms with E-state index in [0.29, 0.717) is 12.1 Å². The first-order chi connectivity index (χ1) is 7.77. The molecular formula is C12H22N4. The third kappa shape index (κ3) is 2.83.